The molecule has 1 heterocycles. The first-order valence-corrected chi connectivity index (χ1v) is 5.82. The van der Waals surface area contributed by atoms with Gasteiger partial charge in [-0.2, -0.15) is 13.2 Å². The molecule has 0 amide bonds. The highest BCUT2D eigenvalue weighted by Gasteiger charge is 2.36. The standard InChI is InChI=1S/C12H12F3N2O2/c13-12(14,15)10-8-9(17(18)19)4-5-11(10)16-6-2-1-3-7-16/h1,4-5,8H,2-3,6-7H2. The molecule has 1 fully saturated rings. The number of piperidine rings is 1. The van der Waals surface area contributed by atoms with E-state index in [1.54, 1.807) is 4.90 Å². The third-order valence-corrected chi connectivity index (χ3v) is 3.04. The van der Waals surface area contributed by atoms with E-state index < -0.39 is 22.4 Å². The van der Waals surface area contributed by atoms with Crippen LogP contribution in [0.15, 0.2) is 18.2 Å². The highest BCUT2D eigenvalue weighted by molar-refractivity contribution is 5.59. The van der Waals surface area contributed by atoms with Crippen molar-refractivity contribution in [3.05, 3.63) is 40.3 Å². The van der Waals surface area contributed by atoms with Gasteiger partial charge < -0.3 is 4.90 Å². The summed E-state index contributed by atoms with van der Waals surface area (Å²) in [6.45, 7) is 1.00. The molecule has 4 nitrogen and oxygen atoms in total. The third-order valence-electron chi connectivity index (χ3n) is 3.04. The average Bonchev–Trinajstić information content (AvgIpc) is 2.38. The van der Waals surface area contributed by atoms with Gasteiger partial charge in [0.15, 0.2) is 0 Å². The summed E-state index contributed by atoms with van der Waals surface area (Å²) in [5, 5.41) is 10.6. The molecular formula is C12H12F3N2O2. The van der Waals surface area contributed by atoms with E-state index in [1.807, 2.05) is 6.42 Å². The Bertz CT molecular complexity index is 482. The molecule has 103 valence electrons. The number of hydrogen-bond acceptors (Lipinski definition) is 3. The van der Waals surface area contributed by atoms with Crippen LogP contribution < -0.4 is 4.90 Å². The lowest BCUT2D eigenvalue weighted by Crippen LogP contribution is -2.31. The molecule has 0 aromatic heterocycles. The Kier molecular flexibility index (Phi) is 3.64. The number of benzene rings is 1. The molecule has 7 heteroatoms. The molecule has 0 N–H and O–H groups in total. The topological polar surface area (TPSA) is 46.4 Å². The van der Waals surface area contributed by atoms with Crippen LogP contribution in [0, 0.1) is 16.5 Å². The van der Waals surface area contributed by atoms with Gasteiger partial charge in [0.05, 0.1) is 10.5 Å². The Hall–Kier alpha value is -1.79. The minimum atomic E-state index is -4.59. The molecule has 1 saturated heterocycles. The minimum Gasteiger partial charge on any atom is -0.371 e. The van der Waals surface area contributed by atoms with Crippen LogP contribution in [0.2, 0.25) is 0 Å². The molecule has 0 bridgehead atoms. The molecule has 19 heavy (non-hydrogen) atoms. The van der Waals surface area contributed by atoms with Gasteiger partial charge >= 0.3 is 6.18 Å². The molecule has 1 aromatic rings. The van der Waals surface area contributed by atoms with Crippen molar-refractivity contribution in [1.82, 2.24) is 0 Å². The van der Waals surface area contributed by atoms with Gasteiger partial charge in [-0.05, 0) is 25.3 Å². The minimum absolute atomic E-state index is 0.0196. The third kappa shape index (κ3) is 2.97. The maximum Gasteiger partial charge on any atom is 0.418 e. The quantitative estimate of drug-likeness (QED) is 0.612. The lowest BCUT2D eigenvalue weighted by Gasteiger charge is -2.30. The van der Waals surface area contributed by atoms with Crippen LogP contribution in [0.1, 0.15) is 18.4 Å². The highest BCUT2D eigenvalue weighted by Crippen LogP contribution is 2.39. The number of nitro groups is 1. The van der Waals surface area contributed by atoms with E-state index in [0.29, 0.717) is 32.0 Å². The Morgan fingerprint density at radius 3 is 2.37 bits per heavy atom. The van der Waals surface area contributed by atoms with Gasteiger partial charge in [-0.1, -0.05) is 0 Å². The molecule has 2 rings (SSSR count). The van der Waals surface area contributed by atoms with Crippen molar-refractivity contribution in [2.75, 3.05) is 18.0 Å². The van der Waals surface area contributed by atoms with Gasteiger partial charge in [0, 0.05) is 30.9 Å². The summed E-state index contributed by atoms with van der Waals surface area (Å²) in [7, 11) is 0. The Morgan fingerprint density at radius 1 is 1.21 bits per heavy atom. The maximum atomic E-state index is 13.0. The summed E-state index contributed by atoms with van der Waals surface area (Å²) < 4.78 is 39.0. The van der Waals surface area contributed by atoms with Crippen LogP contribution in [-0.4, -0.2) is 18.0 Å². The monoisotopic (exact) mass is 273 g/mol. The van der Waals surface area contributed by atoms with E-state index in [4.69, 9.17) is 0 Å². The summed E-state index contributed by atoms with van der Waals surface area (Å²) in [6, 6.07) is 2.91. The van der Waals surface area contributed by atoms with Crippen molar-refractivity contribution in [2.24, 2.45) is 0 Å². The Labute approximate surface area is 108 Å². The molecule has 1 radical (unpaired) electrons. The lowest BCUT2D eigenvalue weighted by molar-refractivity contribution is -0.385. The molecule has 1 aromatic carbocycles. The zero-order valence-electron chi connectivity index (χ0n) is 9.98. The molecule has 0 saturated carbocycles. The second kappa shape index (κ2) is 5.07. The first-order valence-electron chi connectivity index (χ1n) is 5.82. The van der Waals surface area contributed by atoms with Crippen molar-refractivity contribution >= 4 is 11.4 Å². The smallest absolute Gasteiger partial charge is 0.371 e. The largest absolute Gasteiger partial charge is 0.418 e. The summed E-state index contributed by atoms with van der Waals surface area (Å²) >= 11 is 0. The zero-order valence-corrected chi connectivity index (χ0v) is 9.98. The zero-order chi connectivity index (χ0) is 14.0. The van der Waals surface area contributed by atoms with Crippen LogP contribution >= 0.6 is 0 Å². The molecule has 0 atom stereocenters. The predicted octanol–water partition coefficient (Wildman–Crippen LogP) is 3.42. The maximum absolute atomic E-state index is 13.0. The summed E-state index contributed by atoms with van der Waals surface area (Å²) in [5.41, 5.74) is -1.46. The molecule has 0 spiro atoms. The fraction of sp³-hybridized carbons (Fsp3) is 0.417. The van der Waals surface area contributed by atoms with Crippen molar-refractivity contribution < 1.29 is 18.1 Å². The summed E-state index contributed by atoms with van der Waals surface area (Å²) in [5.74, 6) is 0. The van der Waals surface area contributed by atoms with E-state index in [0.717, 1.165) is 6.07 Å². The first-order chi connectivity index (χ1) is 8.89. The summed E-state index contributed by atoms with van der Waals surface area (Å²) in [4.78, 5) is 11.4. The van der Waals surface area contributed by atoms with E-state index in [2.05, 4.69) is 0 Å². The Morgan fingerprint density at radius 2 is 1.84 bits per heavy atom. The van der Waals surface area contributed by atoms with Gasteiger partial charge in [0.25, 0.3) is 5.69 Å². The van der Waals surface area contributed by atoms with E-state index >= 15 is 0 Å². The normalized spacial score (nSPS) is 16.5. The second-order valence-electron chi connectivity index (χ2n) is 4.31. The number of hydrogen-bond donors (Lipinski definition) is 0. The van der Waals surface area contributed by atoms with Crippen molar-refractivity contribution in [3.63, 3.8) is 0 Å². The highest BCUT2D eigenvalue weighted by atomic mass is 19.4. The van der Waals surface area contributed by atoms with Crippen molar-refractivity contribution in [1.29, 1.82) is 0 Å². The van der Waals surface area contributed by atoms with Crippen molar-refractivity contribution in [3.8, 4) is 0 Å². The number of nitro benzene ring substituents is 1. The molecule has 1 aliphatic rings. The van der Waals surface area contributed by atoms with Crippen LogP contribution in [0.25, 0.3) is 0 Å². The van der Waals surface area contributed by atoms with Gasteiger partial charge in [0.2, 0.25) is 0 Å². The van der Waals surface area contributed by atoms with Gasteiger partial charge in [-0.25, -0.2) is 0 Å². The first kappa shape index (κ1) is 13.6. The van der Waals surface area contributed by atoms with E-state index in [9.17, 15) is 23.3 Å². The molecule has 0 aliphatic carbocycles. The SMILES string of the molecule is O=[N+]([O-])c1ccc(N2CC[CH]CC2)c(C(F)(F)F)c1. The van der Waals surface area contributed by atoms with E-state index in [-0.39, 0.29) is 5.69 Å². The van der Waals surface area contributed by atoms with Crippen LogP contribution in [0.3, 0.4) is 0 Å². The van der Waals surface area contributed by atoms with Gasteiger partial charge in [-0.3, -0.25) is 10.1 Å². The van der Waals surface area contributed by atoms with Crippen LogP contribution in [-0.2, 0) is 6.18 Å². The number of anilines is 1. The molecular weight excluding hydrogens is 261 g/mol. The fourth-order valence-electron chi connectivity index (χ4n) is 2.13. The number of halogens is 3. The van der Waals surface area contributed by atoms with Crippen LogP contribution in [0.5, 0.6) is 0 Å². The second-order valence-corrected chi connectivity index (χ2v) is 4.31. The average molecular weight is 273 g/mol. The van der Waals surface area contributed by atoms with Gasteiger partial charge in [0.1, 0.15) is 0 Å². The Balaban J connectivity index is 2.44. The summed E-state index contributed by atoms with van der Waals surface area (Å²) in [6.07, 6.45) is -1.14. The van der Waals surface area contributed by atoms with Gasteiger partial charge in [-0.15, -0.1) is 0 Å². The lowest BCUT2D eigenvalue weighted by atomic mass is 10.1. The predicted molar refractivity (Wildman–Crippen MR) is 63.8 cm³/mol. The number of alkyl halides is 3. The van der Waals surface area contributed by atoms with Crippen molar-refractivity contribution in [2.45, 2.75) is 19.0 Å². The fourth-order valence-corrected chi connectivity index (χ4v) is 2.13. The van der Waals surface area contributed by atoms with Crippen LogP contribution in [0.4, 0.5) is 24.5 Å². The molecule has 1 aliphatic heterocycles. The number of nitrogens with zero attached hydrogens (tertiary/aromatic N) is 2. The number of non-ortho nitro benzene ring substituents is 1. The molecule has 0 unspecified atom stereocenters. The number of rotatable bonds is 2. The van der Waals surface area contributed by atoms with E-state index in [1.165, 1.54) is 6.07 Å².